The molecule has 0 fully saturated rings. The van der Waals surface area contributed by atoms with Gasteiger partial charge in [-0.3, -0.25) is 4.79 Å². The Hall–Kier alpha value is -1.62. The maximum absolute atomic E-state index is 12.5. The number of aryl methyl sites for hydroxylation is 1. The largest absolute Gasteiger partial charge is 0.410 e. The fraction of sp³-hybridized carbons (Fsp3) is 0.435. The van der Waals surface area contributed by atoms with E-state index in [1.807, 2.05) is 36.4 Å². The Balaban J connectivity index is 2.10. The first-order valence-corrected chi connectivity index (χ1v) is 12.6. The van der Waals surface area contributed by atoms with Gasteiger partial charge in [0.1, 0.15) is 0 Å². The highest BCUT2D eigenvalue weighted by Gasteiger charge is 2.28. The van der Waals surface area contributed by atoms with Crippen molar-refractivity contribution >= 4 is 26.5 Å². The van der Waals surface area contributed by atoms with Crippen molar-refractivity contribution in [3.8, 4) is 0 Å². The molecule has 0 spiro atoms. The number of amides is 1. The van der Waals surface area contributed by atoms with E-state index in [1.54, 1.807) is 0 Å². The third kappa shape index (κ3) is 6.76. The van der Waals surface area contributed by atoms with Crippen LogP contribution in [-0.4, -0.2) is 20.8 Å². The summed E-state index contributed by atoms with van der Waals surface area (Å²) >= 11 is 5.80. The monoisotopic (exact) mass is 416 g/mol. The molecule has 151 valence electrons. The van der Waals surface area contributed by atoms with Crippen molar-refractivity contribution in [1.82, 2.24) is 5.32 Å². The molecular weight excluding hydrogens is 386 g/mol. The van der Waals surface area contributed by atoms with Crippen molar-refractivity contribution < 1.29 is 9.22 Å². The van der Waals surface area contributed by atoms with Gasteiger partial charge >= 0.3 is 0 Å². The summed E-state index contributed by atoms with van der Waals surface area (Å²) in [6.07, 6.45) is 0.802. The van der Waals surface area contributed by atoms with E-state index < -0.39 is 9.04 Å². The van der Waals surface area contributed by atoms with E-state index in [2.05, 4.69) is 51.3 Å². The van der Waals surface area contributed by atoms with Gasteiger partial charge in [0.15, 0.2) is 0 Å². The lowest BCUT2D eigenvalue weighted by molar-refractivity contribution is 0.0865. The molecule has 28 heavy (non-hydrogen) atoms. The molecule has 0 bridgehead atoms. The fourth-order valence-electron chi connectivity index (χ4n) is 3.11. The van der Waals surface area contributed by atoms with Gasteiger partial charge in [-0.05, 0) is 53.8 Å². The second-order valence-corrected chi connectivity index (χ2v) is 10.8. The maximum Gasteiger partial charge on any atom is 0.251 e. The summed E-state index contributed by atoms with van der Waals surface area (Å²) in [5.74, 6) is 0.478. The lowest BCUT2D eigenvalue weighted by Gasteiger charge is -2.33. The summed E-state index contributed by atoms with van der Waals surface area (Å²) in [6.45, 7) is 11.4. The molecule has 0 aliphatic carbocycles. The molecule has 5 heteroatoms. The SMILES string of the molecule is C[Si](C)OC(c1cccc(CNC(=O)c2cccc(CCCl)c2)c1)C(C)(C)C. The van der Waals surface area contributed by atoms with Crippen LogP contribution < -0.4 is 5.32 Å². The van der Waals surface area contributed by atoms with Crippen molar-refractivity contribution in [3.05, 3.63) is 70.8 Å². The standard InChI is InChI=1S/C23H31ClNO2Si/c1-23(2,3)21(27-28(4)5)19-10-7-9-18(15-19)16-25-22(26)20-11-6-8-17(14-20)12-13-24/h6-11,14-15,21H,12-13,16H2,1-5H3,(H,25,26). The van der Waals surface area contributed by atoms with Crippen LogP contribution in [0.1, 0.15) is 53.9 Å². The van der Waals surface area contributed by atoms with E-state index in [0.29, 0.717) is 18.0 Å². The summed E-state index contributed by atoms with van der Waals surface area (Å²) in [5, 5.41) is 3.02. The Morgan fingerprint density at radius 3 is 2.43 bits per heavy atom. The Kier molecular flexibility index (Phi) is 8.29. The summed E-state index contributed by atoms with van der Waals surface area (Å²) in [4.78, 5) is 12.5. The minimum Gasteiger partial charge on any atom is -0.410 e. The van der Waals surface area contributed by atoms with Crippen LogP contribution in [0.3, 0.4) is 0 Å². The number of alkyl halides is 1. The molecule has 0 saturated carbocycles. The van der Waals surface area contributed by atoms with Crippen LogP contribution in [0.15, 0.2) is 48.5 Å². The normalized spacial score (nSPS) is 12.8. The summed E-state index contributed by atoms with van der Waals surface area (Å²) in [5.41, 5.74) is 3.98. The zero-order valence-electron chi connectivity index (χ0n) is 17.5. The van der Waals surface area contributed by atoms with Gasteiger partial charge in [0.2, 0.25) is 9.04 Å². The quantitative estimate of drug-likeness (QED) is 0.439. The number of carbonyl (C=O) groups is 1. The third-order valence-corrected chi connectivity index (χ3v) is 5.32. The molecule has 0 aliphatic rings. The molecule has 1 unspecified atom stereocenters. The van der Waals surface area contributed by atoms with Crippen LogP contribution in [0.25, 0.3) is 0 Å². The minimum atomic E-state index is -0.824. The number of benzene rings is 2. The van der Waals surface area contributed by atoms with Gasteiger partial charge in [-0.15, -0.1) is 11.6 Å². The molecule has 1 N–H and O–H groups in total. The predicted molar refractivity (Wildman–Crippen MR) is 119 cm³/mol. The highest BCUT2D eigenvalue weighted by molar-refractivity contribution is 6.48. The lowest BCUT2D eigenvalue weighted by Crippen LogP contribution is -2.26. The van der Waals surface area contributed by atoms with Crippen molar-refractivity contribution in [3.63, 3.8) is 0 Å². The van der Waals surface area contributed by atoms with Gasteiger partial charge in [0.25, 0.3) is 5.91 Å². The smallest absolute Gasteiger partial charge is 0.251 e. The lowest BCUT2D eigenvalue weighted by atomic mass is 9.84. The van der Waals surface area contributed by atoms with E-state index in [4.69, 9.17) is 16.0 Å². The third-order valence-electron chi connectivity index (χ3n) is 4.42. The fourth-order valence-corrected chi connectivity index (χ4v) is 4.29. The molecule has 1 amide bonds. The van der Waals surface area contributed by atoms with Crippen molar-refractivity contribution in [2.75, 3.05) is 5.88 Å². The molecule has 0 heterocycles. The molecule has 0 saturated heterocycles. The van der Waals surface area contributed by atoms with Gasteiger partial charge < -0.3 is 9.74 Å². The van der Waals surface area contributed by atoms with Gasteiger partial charge in [0.05, 0.1) is 6.10 Å². The number of nitrogens with one attached hydrogen (secondary N) is 1. The van der Waals surface area contributed by atoms with Crippen LogP contribution in [0.4, 0.5) is 0 Å². The van der Waals surface area contributed by atoms with E-state index in [-0.39, 0.29) is 17.4 Å². The topological polar surface area (TPSA) is 38.3 Å². The molecule has 3 nitrogen and oxygen atoms in total. The molecule has 2 rings (SSSR count). The zero-order chi connectivity index (χ0) is 20.7. The van der Waals surface area contributed by atoms with Gasteiger partial charge in [-0.2, -0.15) is 0 Å². The second kappa shape index (κ2) is 10.2. The van der Waals surface area contributed by atoms with Crippen LogP contribution in [0.5, 0.6) is 0 Å². The van der Waals surface area contributed by atoms with Crippen molar-refractivity contribution in [1.29, 1.82) is 0 Å². The van der Waals surface area contributed by atoms with Crippen molar-refractivity contribution in [2.45, 2.75) is 52.9 Å². The second-order valence-electron chi connectivity index (χ2n) is 8.34. The van der Waals surface area contributed by atoms with Crippen LogP contribution in [-0.2, 0) is 17.4 Å². The molecule has 1 atom stereocenters. The predicted octanol–water partition coefficient (Wildman–Crippen LogP) is 5.75. The van der Waals surface area contributed by atoms with Crippen molar-refractivity contribution in [2.24, 2.45) is 5.41 Å². The van der Waals surface area contributed by atoms with Gasteiger partial charge in [0, 0.05) is 18.0 Å². The van der Waals surface area contributed by atoms with Crippen LogP contribution in [0.2, 0.25) is 13.1 Å². The summed E-state index contributed by atoms with van der Waals surface area (Å²) in [7, 11) is -0.824. The molecule has 2 aromatic rings. The first-order chi connectivity index (χ1) is 13.2. The molecule has 0 aromatic heterocycles. The number of rotatable bonds is 8. The van der Waals surface area contributed by atoms with Crippen LogP contribution >= 0.6 is 11.6 Å². The Morgan fingerprint density at radius 2 is 1.79 bits per heavy atom. The van der Waals surface area contributed by atoms with E-state index in [1.165, 1.54) is 0 Å². The highest BCUT2D eigenvalue weighted by atomic mass is 35.5. The van der Waals surface area contributed by atoms with Crippen LogP contribution in [0, 0.1) is 5.41 Å². The van der Waals surface area contributed by atoms with Gasteiger partial charge in [-0.1, -0.05) is 57.2 Å². The average Bonchev–Trinajstić information content (AvgIpc) is 2.64. The molecule has 1 radical (unpaired) electrons. The number of carbonyl (C=O) groups excluding carboxylic acids is 1. The minimum absolute atomic E-state index is 0.00662. The summed E-state index contributed by atoms with van der Waals surface area (Å²) in [6, 6.07) is 16.0. The zero-order valence-corrected chi connectivity index (χ0v) is 19.3. The Labute approximate surface area is 176 Å². The Morgan fingerprint density at radius 1 is 1.11 bits per heavy atom. The average molecular weight is 417 g/mol. The maximum atomic E-state index is 12.5. The number of hydrogen-bond acceptors (Lipinski definition) is 2. The van der Waals surface area contributed by atoms with E-state index in [9.17, 15) is 4.79 Å². The number of hydrogen-bond donors (Lipinski definition) is 1. The van der Waals surface area contributed by atoms with Gasteiger partial charge in [-0.25, -0.2) is 0 Å². The molecular formula is C23H31ClNO2Si. The number of halogens is 1. The first kappa shape index (κ1) is 22.7. The molecule has 2 aromatic carbocycles. The van der Waals surface area contributed by atoms with E-state index in [0.717, 1.165) is 23.1 Å². The molecule has 0 aliphatic heterocycles. The Bertz CT molecular complexity index is 786. The highest BCUT2D eigenvalue weighted by Crippen LogP contribution is 2.36. The summed E-state index contributed by atoms with van der Waals surface area (Å²) < 4.78 is 6.29. The first-order valence-electron chi connectivity index (χ1n) is 9.69. The van der Waals surface area contributed by atoms with E-state index >= 15 is 0 Å².